The van der Waals surface area contributed by atoms with Crippen molar-refractivity contribution in [3.05, 3.63) is 17.7 Å². The lowest BCUT2D eigenvalue weighted by Crippen LogP contribution is -2.52. The molecule has 1 aromatic carbocycles. The Balaban J connectivity index is 3.18. The number of alkyl halides is 2. The number of carbonyl (C=O) groups excluding carboxylic acids is 1. The van der Waals surface area contributed by atoms with E-state index in [4.69, 9.17) is 15.2 Å². The zero-order valence-electron chi connectivity index (χ0n) is 15.2. The largest absolute Gasteiger partial charge is 0.493 e. The highest BCUT2D eigenvalue weighted by Gasteiger charge is 2.28. The van der Waals surface area contributed by atoms with E-state index < -0.39 is 18.1 Å². The molecule has 1 aromatic rings. The van der Waals surface area contributed by atoms with Gasteiger partial charge < -0.3 is 25.3 Å². The molecule has 0 bridgehead atoms. The van der Waals surface area contributed by atoms with Gasteiger partial charge in [0.15, 0.2) is 11.5 Å². The minimum atomic E-state index is -3.05. The van der Waals surface area contributed by atoms with Gasteiger partial charge in [-0.05, 0) is 31.4 Å². The number of hydrogen-bond donors (Lipinski definition) is 2. The minimum absolute atomic E-state index is 0.0249. The van der Waals surface area contributed by atoms with Crippen molar-refractivity contribution < 1.29 is 27.8 Å². The van der Waals surface area contributed by atoms with Crippen LogP contribution in [0.25, 0.3) is 0 Å². The smallest absolute Gasteiger partial charge is 0.387 e. The van der Waals surface area contributed by atoms with Gasteiger partial charge in [-0.15, -0.1) is 0 Å². The van der Waals surface area contributed by atoms with Crippen LogP contribution in [0.2, 0.25) is 0 Å². The zero-order chi connectivity index (χ0) is 19.2. The molecule has 0 saturated heterocycles. The van der Waals surface area contributed by atoms with Gasteiger partial charge in [0.05, 0.1) is 14.2 Å². The first-order valence-corrected chi connectivity index (χ1v) is 7.89. The van der Waals surface area contributed by atoms with Gasteiger partial charge >= 0.3 is 6.61 Å². The summed E-state index contributed by atoms with van der Waals surface area (Å²) >= 11 is 0. The summed E-state index contributed by atoms with van der Waals surface area (Å²) in [5.41, 5.74) is 5.41. The van der Waals surface area contributed by atoms with Crippen molar-refractivity contribution in [1.82, 2.24) is 5.32 Å². The van der Waals surface area contributed by atoms with Crippen LogP contribution in [0.15, 0.2) is 12.1 Å². The summed E-state index contributed by atoms with van der Waals surface area (Å²) in [5.74, 6) is -0.389. The number of nitrogens with one attached hydrogen (secondary N) is 1. The Kier molecular flexibility index (Phi) is 7.41. The predicted octanol–water partition coefficient (Wildman–Crippen LogP) is 2.80. The lowest BCUT2D eigenvalue weighted by molar-refractivity contribution is -0.0526. The summed E-state index contributed by atoms with van der Waals surface area (Å²) in [6.45, 7) is 3.13. The third-order valence-electron chi connectivity index (χ3n) is 3.65. The molecule has 1 rings (SSSR count). The lowest BCUT2D eigenvalue weighted by Gasteiger charge is -2.31. The molecule has 0 aliphatic carbocycles. The van der Waals surface area contributed by atoms with E-state index in [9.17, 15) is 13.6 Å². The average Bonchev–Trinajstić information content (AvgIpc) is 2.53. The van der Waals surface area contributed by atoms with E-state index >= 15 is 0 Å². The van der Waals surface area contributed by atoms with Crippen LogP contribution in [0, 0.1) is 5.92 Å². The molecule has 0 aromatic heterocycles. The highest BCUT2D eigenvalue weighted by Crippen LogP contribution is 2.39. The van der Waals surface area contributed by atoms with Gasteiger partial charge in [-0.2, -0.15) is 8.78 Å². The number of amides is 1. The molecular formula is C17H26F2N2O4. The van der Waals surface area contributed by atoms with E-state index in [1.165, 1.54) is 26.4 Å². The first kappa shape index (κ1) is 21.0. The second kappa shape index (κ2) is 8.84. The van der Waals surface area contributed by atoms with Crippen molar-refractivity contribution in [2.45, 2.75) is 39.3 Å². The molecule has 0 saturated carbocycles. The van der Waals surface area contributed by atoms with Gasteiger partial charge in [0, 0.05) is 17.6 Å². The fourth-order valence-corrected chi connectivity index (χ4v) is 2.65. The summed E-state index contributed by atoms with van der Waals surface area (Å²) in [7, 11) is 2.58. The number of nitrogens with two attached hydrogens (primary N) is 1. The Morgan fingerprint density at radius 3 is 2.12 bits per heavy atom. The number of benzene rings is 1. The Hall–Kier alpha value is -2.09. The van der Waals surface area contributed by atoms with Gasteiger partial charge in [-0.1, -0.05) is 13.8 Å². The molecule has 142 valence electrons. The number of hydrogen-bond acceptors (Lipinski definition) is 5. The van der Waals surface area contributed by atoms with Crippen LogP contribution < -0.4 is 25.3 Å². The minimum Gasteiger partial charge on any atom is -0.493 e. The molecule has 1 atom stereocenters. The molecule has 0 heterocycles. The highest BCUT2D eigenvalue weighted by molar-refractivity contribution is 5.96. The molecule has 0 spiro atoms. The summed E-state index contributed by atoms with van der Waals surface area (Å²) in [6, 6.07) is 2.64. The maximum absolute atomic E-state index is 12.6. The Morgan fingerprint density at radius 2 is 1.76 bits per heavy atom. The van der Waals surface area contributed by atoms with E-state index in [2.05, 4.69) is 10.1 Å². The summed E-state index contributed by atoms with van der Waals surface area (Å²) in [6.07, 6.45) is 0.691. The molecule has 1 amide bonds. The highest BCUT2D eigenvalue weighted by atomic mass is 19.3. The van der Waals surface area contributed by atoms with Crippen LogP contribution >= 0.6 is 0 Å². The number of halogens is 2. The zero-order valence-corrected chi connectivity index (χ0v) is 15.2. The molecule has 6 nitrogen and oxygen atoms in total. The topological polar surface area (TPSA) is 82.8 Å². The molecule has 3 N–H and O–H groups in total. The van der Waals surface area contributed by atoms with Crippen LogP contribution in [-0.4, -0.2) is 38.8 Å². The van der Waals surface area contributed by atoms with E-state index in [1.807, 2.05) is 20.8 Å². The van der Waals surface area contributed by atoms with Crippen LogP contribution in [0.4, 0.5) is 8.78 Å². The normalized spacial score (nSPS) is 13.5. The second-order valence-corrected chi connectivity index (χ2v) is 6.41. The van der Waals surface area contributed by atoms with Gasteiger partial charge in [0.25, 0.3) is 5.91 Å². The fraction of sp³-hybridized carbons (Fsp3) is 0.588. The molecule has 25 heavy (non-hydrogen) atoms. The molecule has 1 unspecified atom stereocenters. The summed E-state index contributed by atoms with van der Waals surface area (Å²) < 4.78 is 39.7. The molecule has 0 aliphatic rings. The van der Waals surface area contributed by atoms with Crippen LogP contribution in [0.3, 0.4) is 0 Å². The summed E-state index contributed by atoms with van der Waals surface area (Å²) in [4.78, 5) is 12.6. The predicted molar refractivity (Wildman–Crippen MR) is 90.6 cm³/mol. The van der Waals surface area contributed by atoms with Crippen LogP contribution in [0.5, 0.6) is 17.2 Å². The Labute approximate surface area is 146 Å². The maximum atomic E-state index is 12.6. The SMILES string of the molecule is COc1cc(C(=O)NC(C)(CN)CC(C)C)cc(OC)c1OC(F)F. The van der Waals surface area contributed by atoms with Crippen molar-refractivity contribution in [2.75, 3.05) is 20.8 Å². The first-order chi connectivity index (χ1) is 11.7. The number of ether oxygens (including phenoxy) is 3. The molecule has 0 fully saturated rings. The average molecular weight is 360 g/mol. The molecule has 0 radical (unpaired) electrons. The fourth-order valence-electron chi connectivity index (χ4n) is 2.65. The van der Waals surface area contributed by atoms with Crippen molar-refractivity contribution >= 4 is 5.91 Å². The second-order valence-electron chi connectivity index (χ2n) is 6.41. The van der Waals surface area contributed by atoms with Crippen LogP contribution in [0.1, 0.15) is 37.6 Å². The molecular weight excluding hydrogens is 334 g/mol. The molecule has 0 aliphatic heterocycles. The number of methoxy groups -OCH3 is 2. The van der Waals surface area contributed by atoms with Crippen LogP contribution in [-0.2, 0) is 0 Å². The van der Waals surface area contributed by atoms with Gasteiger partial charge in [0.2, 0.25) is 5.75 Å². The lowest BCUT2D eigenvalue weighted by atomic mass is 9.90. The molecule has 8 heteroatoms. The first-order valence-electron chi connectivity index (χ1n) is 7.89. The third-order valence-corrected chi connectivity index (χ3v) is 3.65. The Morgan fingerprint density at radius 1 is 1.24 bits per heavy atom. The summed E-state index contributed by atoms with van der Waals surface area (Å²) in [5, 5.41) is 2.89. The van der Waals surface area contributed by atoms with Crippen molar-refractivity contribution in [2.24, 2.45) is 11.7 Å². The van der Waals surface area contributed by atoms with E-state index in [-0.39, 0.29) is 29.4 Å². The quantitative estimate of drug-likeness (QED) is 0.708. The maximum Gasteiger partial charge on any atom is 0.387 e. The Bertz CT molecular complexity index is 571. The standard InChI is InChI=1S/C17H26F2N2O4/c1-10(2)8-17(3,9-20)21-15(22)11-6-12(23-4)14(25-16(18)19)13(7-11)24-5/h6-7,10,16H,8-9,20H2,1-5H3,(H,21,22). The van der Waals surface area contributed by atoms with E-state index in [0.29, 0.717) is 12.3 Å². The van der Waals surface area contributed by atoms with Gasteiger partial charge in [0.1, 0.15) is 0 Å². The van der Waals surface area contributed by atoms with Crippen molar-refractivity contribution in [3.8, 4) is 17.2 Å². The number of rotatable bonds is 9. The monoisotopic (exact) mass is 360 g/mol. The van der Waals surface area contributed by atoms with Gasteiger partial charge in [-0.25, -0.2) is 0 Å². The number of carbonyl (C=O) groups is 1. The van der Waals surface area contributed by atoms with E-state index in [0.717, 1.165) is 0 Å². The third kappa shape index (κ3) is 5.74. The van der Waals surface area contributed by atoms with E-state index in [1.54, 1.807) is 0 Å². The van der Waals surface area contributed by atoms with Gasteiger partial charge in [-0.3, -0.25) is 4.79 Å². The van der Waals surface area contributed by atoms with Crippen molar-refractivity contribution in [3.63, 3.8) is 0 Å². The van der Waals surface area contributed by atoms with Crippen molar-refractivity contribution in [1.29, 1.82) is 0 Å².